The van der Waals surface area contributed by atoms with Crippen molar-refractivity contribution in [1.29, 1.82) is 0 Å². The summed E-state index contributed by atoms with van der Waals surface area (Å²) in [6.45, 7) is 6.92. The van der Waals surface area contributed by atoms with Gasteiger partial charge in [-0.25, -0.2) is 4.98 Å². The van der Waals surface area contributed by atoms with E-state index >= 15 is 0 Å². The van der Waals surface area contributed by atoms with Gasteiger partial charge >= 0.3 is 0 Å². The lowest BCUT2D eigenvalue weighted by molar-refractivity contribution is 0.161. The molecule has 2 aromatic rings. The predicted octanol–water partition coefficient (Wildman–Crippen LogP) is 2.73. The monoisotopic (exact) mass is 302 g/mol. The Kier molecular flexibility index (Phi) is 4.38. The van der Waals surface area contributed by atoms with Crippen LogP contribution in [0.25, 0.3) is 11.5 Å². The Balaban J connectivity index is 1.70. The van der Waals surface area contributed by atoms with Crippen LogP contribution in [-0.4, -0.2) is 41.9 Å². The molecule has 1 fully saturated rings. The van der Waals surface area contributed by atoms with Gasteiger partial charge in [0.1, 0.15) is 5.82 Å². The van der Waals surface area contributed by atoms with E-state index in [2.05, 4.69) is 20.0 Å². The number of anilines is 1. The van der Waals surface area contributed by atoms with Crippen molar-refractivity contribution in [2.75, 3.05) is 31.7 Å². The number of ether oxygens (including phenoxy) is 1. The van der Waals surface area contributed by atoms with Crippen LogP contribution in [0.1, 0.15) is 32.0 Å². The molecule has 118 valence electrons. The predicted molar refractivity (Wildman–Crippen MR) is 83.8 cm³/mol. The molecule has 1 aliphatic heterocycles. The molecule has 0 bridgehead atoms. The van der Waals surface area contributed by atoms with Crippen LogP contribution < -0.4 is 4.90 Å². The lowest BCUT2D eigenvalue weighted by atomic mass is 10.1. The van der Waals surface area contributed by atoms with Crippen LogP contribution in [0.5, 0.6) is 0 Å². The van der Waals surface area contributed by atoms with E-state index in [1.54, 1.807) is 13.3 Å². The van der Waals surface area contributed by atoms with Crippen LogP contribution >= 0.6 is 0 Å². The van der Waals surface area contributed by atoms with Gasteiger partial charge in [-0.3, -0.25) is 0 Å². The van der Waals surface area contributed by atoms with E-state index in [9.17, 15) is 0 Å². The third-order valence-electron chi connectivity index (χ3n) is 3.97. The van der Waals surface area contributed by atoms with E-state index in [1.165, 1.54) is 0 Å². The maximum atomic E-state index is 5.30. The molecule has 6 nitrogen and oxygen atoms in total. The molecular weight excluding hydrogens is 280 g/mol. The first-order valence-electron chi connectivity index (χ1n) is 7.71. The smallest absolute Gasteiger partial charge is 0.259 e. The number of hydrogen-bond acceptors (Lipinski definition) is 6. The fourth-order valence-electron chi connectivity index (χ4n) is 2.70. The molecule has 0 aromatic carbocycles. The summed E-state index contributed by atoms with van der Waals surface area (Å²) < 4.78 is 10.5. The maximum absolute atomic E-state index is 5.30. The highest BCUT2D eigenvalue weighted by Gasteiger charge is 2.23. The summed E-state index contributed by atoms with van der Waals surface area (Å²) in [7, 11) is 1.76. The zero-order valence-electron chi connectivity index (χ0n) is 13.3. The molecule has 0 spiro atoms. The fraction of sp³-hybridized carbons (Fsp3) is 0.562. The molecule has 0 saturated carbocycles. The second kappa shape index (κ2) is 6.44. The number of hydrogen-bond donors (Lipinski definition) is 0. The molecular formula is C16H22N4O2. The van der Waals surface area contributed by atoms with E-state index in [1.807, 2.05) is 26.0 Å². The van der Waals surface area contributed by atoms with Crippen molar-refractivity contribution in [1.82, 2.24) is 15.1 Å². The molecule has 2 aromatic heterocycles. The summed E-state index contributed by atoms with van der Waals surface area (Å²) in [5, 5.41) is 3.98. The van der Waals surface area contributed by atoms with Crippen molar-refractivity contribution in [3.05, 3.63) is 24.2 Å². The van der Waals surface area contributed by atoms with Crippen LogP contribution in [0, 0.1) is 5.92 Å². The zero-order chi connectivity index (χ0) is 15.5. The normalized spacial score (nSPS) is 18.4. The van der Waals surface area contributed by atoms with Gasteiger partial charge in [-0.05, 0) is 18.6 Å². The molecule has 0 amide bonds. The van der Waals surface area contributed by atoms with Gasteiger partial charge < -0.3 is 14.2 Å². The molecule has 0 N–H and O–H groups in total. The van der Waals surface area contributed by atoms with Gasteiger partial charge in [0, 0.05) is 38.2 Å². The molecule has 3 heterocycles. The molecule has 1 aliphatic rings. The summed E-state index contributed by atoms with van der Waals surface area (Å²) in [5.41, 5.74) is 0.857. The van der Waals surface area contributed by atoms with Gasteiger partial charge in [0.2, 0.25) is 0 Å². The first kappa shape index (κ1) is 15.0. The van der Waals surface area contributed by atoms with Crippen molar-refractivity contribution in [2.45, 2.75) is 26.2 Å². The third kappa shape index (κ3) is 3.11. The molecule has 0 aliphatic carbocycles. The Labute approximate surface area is 130 Å². The molecule has 3 rings (SSSR count). The first-order valence-corrected chi connectivity index (χ1v) is 7.71. The number of methoxy groups -OCH3 is 1. The summed E-state index contributed by atoms with van der Waals surface area (Å²) >= 11 is 0. The van der Waals surface area contributed by atoms with Crippen LogP contribution in [-0.2, 0) is 4.74 Å². The molecule has 6 heteroatoms. The first-order chi connectivity index (χ1) is 10.7. The van der Waals surface area contributed by atoms with Crippen LogP contribution in [0.3, 0.4) is 0 Å². The Hall–Kier alpha value is -1.95. The standard InChI is InChI=1S/C16H22N4O2/c1-11(2)15-18-16(22-19-15)13-4-5-14(17-8-13)20-7-6-12(9-20)10-21-3/h4-5,8,11-12H,6-7,9-10H2,1-3H3/t12-/m1/s1. The Bertz CT molecular complexity index is 609. The van der Waals surface area contributed by atoms with Gasteiger partial charge in [0.05, 0.1) is 12.2 Å². The topological polar surface area (TPSA) is 64.3 Å². The minimum atomic E-state index is 0.257. The van der Waals surface area contributed by atoms with Crippen LogP contribution in [0.15, 0.2) is 22.9 Å². The maximum Gasteiger partial charge on any atom is 0.259 e. The minimum absolute atomic E-state index is 0.257. The minimum Gasteiger partial charge on any atom is -0.384 e. The van der Waals surface area contributed by atoms with Gasteiger partial charge in [-0.2, -0.15) is 4.98 Å². The van der Waals surface area contributed by atoms with Crippen molar-refractivity contribution in [3.8, 4) is 11.5 Å². The third-order valence-corrected chi connectivity index (χ3v) is 3.97. The highest BCUT2D eigenvalue weighted by atomic mass is 16.5. The Morgan fingerprint density at radius 1 is 1.41 bits per heavy atom. The number of aromatic nitrogens is 3. The molecule has 22 heavy (non-hydrogen) atoms. The number of pyridine rings is 1. The Morgan fingerprint density at radius 2 is 2.27 bits per heavy atom. The Morgan fingerprint density at radius 3 is 2.91 bits per heavy atom. The summed E-state index contributed by atoms with van der Waals surface area (Å²) in [4.78, 5) is 11.2. The van der Waals surface area contributed by atoms with Crippen molar-refractivity contribution in [3.63, 3.8) is 0 Å². The average Bonchev–Trinajstić information content (AvgIpc) is 3.17. The molecule has 0 unspecified atom stereocenters. The van der Waals surface area contributed by atoms with Gasteiger partial charge in [0.15, 0.2) is 5.82 Å². The van der Waals surface area contributed by atoms with Crippen molar-refractivity contribution in [2.24, 2.45) is 5.92 Å². The second-order valence-electron chi connectivity index (χ2n) is 6.07. The largest absolute Gasteiger partial charge is 0.384 e. The van der Waals surface area contributed by atoms with E-state index in [-0.39, 0.29) is 5.92 Å². The SMILES string of the molecule is COC[C@@H]1CCN(c2ccc(-c3nc(C(C)C)no3)cn2)C1. The molecule has 0 radical (unpaired) electrons. The second-order valence-corrected chi connectivity index (χ2v) is 6.07. The fourth-order valence-corrected chi connectivity index (χ4v) is 2.70. The van der Waals surface area contributed by atoms with Crippen LogP contribution in [0.4, 0.5) is 5.82 Å². The lowest BCUT2D eigenvalue weighted by Crippen LogP contribution is -2.21. The highest BCUT2D eigenvalue weighted by Crippen LogP contribution is 2.25. The number of rotatable bonds is 5. The zero-order valence-corrected chi connectivity index (χ0v) is 13.3. The lowest BCUT2D eigenvalue weighted by Gasteiger charge is -2.17. The van der Waals surface area contributed by atoms with Crippen LogP contribution in [0.2, 0.25) is 0 Å². The van der Waals surface area contributed by atoms with Gasteiger partial charge in [-0.1, -0.05) is 19.0 Å². The summed E-state index contributed by atoms with van der Waals surface area (Å²) in [6.07, 6.45) is 2.95. The average molecular weight is 302 g/mol. The summed E-state index contributed by atoms with van der Waals surface area (Å²) in [6, 6.07) is 4.01. The van der Waals surface area contributed by atoms with E-state index in [0.29, 0.717) is 11.8 Å². The van der Waals surface area contributed by atoms with Crippen molar-refractivity contribution < 1.29 is 9.26 Å². The molecule has 1 saturated heterocycles. The van der Waals surface area contributed by atoms with E-state index < -0.39 is 0 Å². The van der Waals surface area contributed by atoms with Crippen molar-refractivity contribution >= 4 is 5.82 Å². The molecule has 1 atom stereocenters. The van der Waals surface area contributed by atoms with Gasteiger partial charge in [0.25, 0.3) is 5.89 Å². The van der Waals surface area contributed by atoms with Gasteiger partial charge in [-0.15, -0.1) is 0 Å². The summed E-state index contributed by atoms with van der Waals surface area (Å²) in [5.74, 6) is 3.09. The van der Waals surface area contributed by atoms with E-state index in [0.717, 1.165) is 43.3 Å². The van der Waals surface area contributed by atoms with E-state index in [4.69, 9.17) is 9.26 Å². The quantitative estimate of drug-likeness (QED) is 0.846. The highest BCUT2D eigenvalue weighted by molar-refractivity contribution is 5.55. The number of nitrogens with zero attached hydrogens (tertiary/aromatic N) is 4.